The van der Waals surface area contributed by atoms with Crippen LogP contribution in [0, 0.1) is 5.82 Å². The minimum Gasteiger partial charge on any atom is -0.466 e. The SMILES string of the molecule is CCOC(=O)CC(O)c1ccc(F)c(Cl)c1. The van der Waals surface area contributed by atoms with E-state index >= 15 is 0 Å². The Morgan fingerprint density at radius 2 is 2.31 bits per heavy atom. The predicted octanol–water partition coefficient (Wildman–Crippen LogP) is 2.47. The summed E-state index contributed by atoms with van der Waals surface area (Å²) in [6.07, 6.45) is -1.20. The van der Waals surface area contributed by atoms with Crippen LogP contribution in [0.2, 0.25) is 5.02 Å². The first-order valence-electron chi connectivity index (χ1n) is 4.83. The molecule has 1 unspecified atom stereocenters. The summed E-state index contributed by atoms with van der Waals surface area (Å²) in [6.45, 7) is 1.94. The van der Waals surface area contributed by atoms with Crippen molar-refractivity contribution < 1.29 is 19.0 Å². The number of aliphatic hydroxyl groups excluding tert-OH is 1. The Balaban J connectivity index is 2.69. The molecule has 1 rings (SSSR count). The zero-order valence-corrected chi connectivity index (χ0v) is 9.50. The fourth-order valence-corrected chi connectivity index (χ4v) is 1.40. The van der Waals surface area contributed by atoms with Gasteiger partial charge in [0.25, 0.3) is 0 Å². The van der Waals surface area contributed by atoms with Crippen LogP contribution in [-0.2, 0) is 9.53 Å². The molecule has 1 N–H and O–H groups in total. The summed E-state index contributed by atoms with van der Waals surface area (Å²) in [5.41, 5.74) is 0.388. The molecule has 0 radical (unpaired) electrons. The lowest BCUT2D eigenvalue weighted by Gasteiger charge is -2.10. The number of carbonyl (C=O) groups excluding carboxylic acids is 1. The molecule has 0 saturated heterocycles. The third-order valence-electron chi connectivity index (χ3n) is 1.99. The highest BCUT2D eigenvalue weighted by atomic mass is 35.5. The molecular formula is C11H12ClFO3. The van der Waals surface area contributed by atoms with Crippen molar-refractivity contribution in [2.45, 2.75) is 19.4 Å². The highest BCUT2D eigenvalue weighted by Gasteiger charge is 2.15. The summed E-state index contributed by atoms with van der Waals surface area (Å²) in [7, 11) is 0. The Kier molecular flexibility index (Phi) is 4.71. The monoisotopic (exact) mass is 246 g/mol. The van der Waals surface area contributed by atoms with Crippen LogP contribution in [-0.4, -0.2) is 17.7 Å². The van der Waals surface area contributed by atoms with Gasteiger partial charge in [-0.3, -0.25) is 4.79 Å². The zero-order chi connectivity index (χ0) is 12.1. The Labute approximate surface area is 97.8 Å². The Morgan fingerprint density at radius 3 is 2.88 bits per heavy atom. The van der Waals surface area contributed by atoms with E-state index in [0.29, 0.717) is 5.56 Å². The van der Waals surface area contributed by atoms with Crippen LogP contribution >= 0.6 is 11.6 Å². The van der Waals surface area contributed by atoms with Gasteiger partial charge in [0.2, 0.25) is 0 Å². The maximum Gasteiger partial charge on any atom is 0.308 e. The molecule has 0 aliphatic carbocycles. The van der Waals surface area contributed by atoms with Crippen molar-refractivity contribution in [2.75, 3.05) is 6.61 Å². The standard InChI is InChI=1S/C11H12ClFO3/c1-2-16-11(15)6-10(14)7-3-4-9(13)8(12)5-7/h3-5,10,14H,2,6H2,1H3. The number of esters is 1. The number of benzene rings is 1. The summed E-state index contributed by atoms with van der Waals surface area (Å²) < 4.78 is 17.5. The zero-order valence-electron chi connectivity index (χ0n) is 8.74. The first-order valence-corrected chi connectivity index (χ1v) is 5.21. The van der Waals surface area contributed by atoms with Crippen molar-refractivity contribution in [3.8, 4) is 0 Å². The number of rotatable bonds is 4. The molecule has 0 fully saturated rings. The molecule has 0 amide bonds. The van der Waals surface area contributed by atoms with Gasteiger partial charge in [-0.15, -0.1) is 0 Å². The molecule has 0 heterocycles. The molecule has 3 nitrogen and oxygen atoms in total. The van der Waals surface area contributed by atoms with Gasteiger partial charge in [-0.2, -0.15) is 0 Å². The first kappa shape index (κ1) is 12.9. The van der Waals surface area contributed by atoms with Gasteiger partial charge in [0.05, 0.1) is 24.2 Å². The third-order valence-corrected chi connectivity index (χ3v) is 2.28. The minimum atomic E-state index is -1.03. The van der Waals surface area contributed by atoms with Gasteiger partial charge in [0.15, 0.2) is 0 Å². The summed E-state index contributed by atoms with van der Waals surface area (Å²) in [5, 5.41) is 9.57. The lowest BCUT2D eigenvalue weighted by Crippen LogP contribution is -2.10. The minimum absolute atomic E-state index is 0.0830. The van der Waals surface area contributed by atoms with E-state index in [1.54, 1.807) is 6.92 Å². The molecule has 0 aromatic heterocycles. The second-order valence-corrected chi connectivity index (χ2v) is 3.61. The van der Waals surface area contributed by atoms with E-state index in [1.807, 2.05) is 0 Å². The predicted molar refractivity (Wildman–Crippen MR) is 57.6 cm³/mol. The normalized spacial score (nSPS) is 12.2. The first-order chi connectivity index (χ1) is 7.54. The van der Waals surface area contributed by atoms with Gasteiger partial charge < -0.3 is 9.84 Å². The summed E-state index contributed by atoms with van der Waals surface area (Å²) in [6, 6.07) is 3.82. The van der Waals surface area contributed by atoms with Crippen molar-refractivity contribution in [3.05, 3.63) is 34.6 Å². The van der Waals surface area contributed by atoms with Gasteiger partial charge in [0, 0.05) is 0 Å². The molecule has 0 aliphatic heterocycles. The summed E-state index contributed by atoms with van der Waals surface area (Å²) in [4.78, 5) is 11.1. The van der Waals surface area contributed by atoms with Crippen molar-refractivity contribution in [3.63, 3.8) is 0 Å². The van der Waals surface area contributed by atoms with Crippen LogP contribution in [0.5, 0.6) is 0 Å². The molecule has 0 spiro atoms. The molecule has 0 saturated carbocycles. The van der Waals surface area contributed by atoms with Crippen LogP contribution in [0.1, 0.15) is 25.0 Å². The number of carbonyl (C=O) groups is 1. The maximum atomic E-state index is 12.8. The molecule has 16 heavy (non-hydrogen) atoms. The smallest absolute Gasteiger partial charge is 0.308 e. The maximum absolute atomic E-state index is 12.8. The fourth-order valence-electron chi connectivity index (χ4n) is 1.22. The van der Waals surface area contributed by atoms with Crippen LogP contribution in [0.3, 0.4) is 0 Å². The molecule has 0 bridgehead atoms. The van der Waals surface area contributed by atoms with Gasteiger partial charge in [0.1, 0.15) is 5.82 Å². The van der Waals surface area contributed by atoms with Crippen LogP contribution in [0.15, 0.2) is 18.2 Å². The number of halogens is 2. The van der Waals surface area contributed by atoms with E-state index in [1.165, 1.54) is 12.1 Å². The summed E-state index contributed by atoms with van der Waals surface area (Å²) in [5.74, 6) is -1.07. The van der Waals surface area contributed by atoms with Crippen LogP contribution in [0.4, 0.5) is 4.39 Å². The van der Waals surface area contributed by atoms with Gasteiger partial charge in [-0.05, 0) is 24.6 Å². The second kappa shape index (κ2) is 5.82. The molecule has 1 atom stereocenters. The average molecular weight is 247 g/mol. The largest absolute Gasteiger partial charge is 0.466 e. The molecule has 1 aromatic rings. The molecule has 0 aliphatic rings. The van der Waals surface area contributed by atoms with Crippen LogP contribution < -0.4 is 0 Å². The van der Waals surface area contributed by atoms with E-state index in [0.717, 1.165) is 6.07 Å². The van der Waals surface area contributed by atoms with Crippen molar-refractivity contribution in [1.29, 1.82) is 0 Å². The Morgan fingerprint density at radius 1 is 1.62 bits per heavy atom. The quantitative estimate of drug-likeness (QED) is 0.831. The van der Waals surface area contributed by atoms with E-state index in [2.05, 4.69) is 4.74 Å². The van der Waals surface area contributed by atoms with Gasteiger partial charge in [-0.25, -0.2) is 4.39 Å². The molecular weight excluding hydrogens is 235 g/mol. The van der Waals surface area contributed by atoms with E-state index in [4.69, 9.17) is 11.6 Å². The van der Waals surface area contributed by atoms with Crippen LogP contribution in [0.25, 0.3) is 0 Å². The average Bonchev–Trinajstić information content (AvgIpc) is 2.22. The fraction of sp³-hybridized carbons (Fsp3) is 0.364. The lowest BCUT2D eigenvalue weighted by atomic mass is 10.1. The molecule has 1 aromatic carbocycles. The Bertz CT molecular complexity index is 381. The number of hydrogen-bond donors (Lipinski definition) is 1. The number of ether oxygens (including phenoxy) is 1. The van der Waals surface area contributed by atoms with E-state index in [-0.39, 0.29) is 18.1 Å². The van der Waals surface area contributed by atoms with Crippen molar-refractivity contribution in [2.24, 2.45) is 0 Å². The highest BCUT2D eigenvalue weighted by Crippen LogP contribution is 2.22. The van der Waals surface area contributed by atoms with Gasteiger partial charge in [-0.1, -0.05) is 17.7 Å². The van der Waals surface area contributed by atoms with Gasteiger partial charge >= 0.3 is 5.97 Å². The molecule has 5 heteroatoms. The third kappa shape index (κ3) is 3.47. The topological polar surface area (TPSA) is 46.5 Å². The van der Waals surface area contributed by atoms with Crippen molar-refractivity contribution in [1.82, 2.24) is 0 Å². The number of hydrogen-bond acceptors (Lipinski definition) is 3. The van der Waals surface area contributed by atoms with E-state index < -0.39 is 17.9 Å². The highest BCUT2D eigenvalue weighted by molar-refractivity contribution is 6.30. The summed E-state index contributed by atoms with van der Waals surface area (Å²) >= 11 is 5.55. The van der Waals surface area contributed by atoms with Crippen molar-refractivity contribution >= 4 is 17.6 Å². The Hall–Kier alpha value is -1.13. The molecule has 88 valence electrons. The second-order valence-electron chi connectivity index (χ2n) is 3.20. The number of aliphatic hydroxyl groups is 1. The lowest BCUT2D eigenvalue weighted by molar-refractivity contribution is -0.145. The van der Waals surface area contributed by atoms with E-state index in [9.17, 15) is 14.3 Å².